The van der Waals surface area contributed by atoms with Crippen LogP contribution in [0, 0.1) is 0 Å². The van der Waals surface area contributed by atoms with Crippen LogP contribution in [0.5, 0.6) is 0 Å². The minimum absolute atomic E-state index is 0.0678. The summed E-state index contributed by atoms with van der Waals surface area (Å²) in [4.78, 5) is 0. The maximum Gasteiger partial charge on any atom is 0.0713 e. The summed E-state index contributed by atoms with van der Waals surface area (Å²) in [6, 6.07) is 94.0. The van der Waals surface area contributed by atoms with Crippen LogP contribution in [0.4, 0.5) is 0 Å². The summed E-state index contributed by atoms with van der Waals surface area (Å²) < 4.78 is 2.48. The fraction of sp³-hybridized carbons (Fsp3) is 0.0323. The Morgan fingerprint density at radius 1 is 0.302 bits per heavy atom. The zero-order chi connectivity index (χ0) is 41.7. The molecule has 1 atom stereocenters. The van der Waals surface area contributed by atoms with Crippen LogP contribution < -0.4 is 0 Å². The second kappa shape index (κ2) is 15.2. The fourth-order valence-electron chi connectivity index (χ4n) is 10.7. The van der Waals surface area contributed by atoms with Gasteiger partial charge in [0.1, 0.15) is 0 Å². The predicted molar refractivity (Wildman–Crippen MR) is 263 cm³/mol. The summed E-state index contributed by atoms with van der Waals surface area (Å²) in [6.45, 7) is 0. The number of fused-ring (bicyclic) bond motifs is 6. The van der Waals surface area contributed by atoms with Crippen molar-refractivity contribution in [2.75, 3.05) is 0 Å². The SMILES string of the molecule is c1ccc(-c2cccc(C(c3ccccc3)c3cccc(-c4ccc5c6ccccc6n(-c6ccc7c(c6)-c6ccccc6C7(c6ccccc6)c6ccccc6)c5c4)c3)c2)cc1. The molecular weight excluding hydrogens is 759 g/mol. The third kappa shape index (κ3) is 6.00. The van der Waals surface area contributed by atoms with Gasteiger partial charge >= 0.3 is 0 Å². The van der Waals surface area contributed by atoms with Gasteiger partial charge in [-0.3, -0.25) is 0 Å². The average Bonchev–Trinajstić information content (AvgIpc) is 3.85. The van der Waals surface area contributed by atoms with Crippen molar-refractivity contribution in [2.45, 2.75) is 11.3 Å². The van der Waals surface area contributed by atoms with Crippen molar-refractivity contribution < 1.29 is 0 Å². The van der Waals surface area contributed by atoms with Crippen LogP contribution in [0.15, 0.2) is 255 Å². The van der Waals surface area contributed by atoms with Crippen molar-refractivity contribution in [3.05, 3.63) is 294 Å². The molecule has 10 aromatic carbocycles. The van der Waals surface area contributed by atoms with Crippen molar-refractivity contribution in [1.29, 1.82) is 0 Å². The summed E-state index contributed by atoms with van der Waals surface area (Å²) in [5.74, 6) is 0.0678. The number of para-hydroxylation sites is 1. The van der Waals surface area contributed by atoms with Crippen LogP contribution in [-0.2, 0) is 5.41 Å². The number of hydrogen-bond acceptors (Lipinski definition) is 0. The highest BCUT2D eigenvalue weighted by Crippen LogP contribution is 2.56. The second-order valence-corrected chi connectivity index (χ2v) is 16.8. The summed E-state index contributed by atoms with van der Waals surface area (Å²) in [7, 11) is 0. The van der Waals surface area contributed by atoms with Gasteiger partial charge in [-0.2, -0.15) is 0 Å². The van der Waals surface area contributed by atoms with Crippen molar-refractivity contribution in [2.24, 2.45) is 0 Å². The van der Waals surface area contributed by atoms with E-state index in [9.17, 15) is 0 Å². The van der Waals surface area contributed by atoms with E-state index in [4.69, 9.17) is 0 Å². The molecule has 1 aliphatic rings. The number of aromatic nitrogens is 1. The molecule has 0 aliphatic heterocycles. The largest absolute Gasteiger partial charge is 0.309 e. The Labute approximate surface area is 368 Å². The van der Waals surface area contributed by atoms with Crippen LogP contribution in [0.25, 0.3) is 60.9 Å². The molecule has 0 saturated heterocycles. The highest BCUT2D eigenvalue weighted by Gasteiger charge is 2.46. The molecule has 63 heavy (non-hydrogen) atoms. The molecule has 0 bridgehead atoms. The van der Waals surface area contributed by atoms with Gasteiger partial charge in [0, 0.05) is 22.4 Å². The van der Waals surface area contributed by atoms with Gasteiger partial charge in [-0.1, -0.05) is 231 Å². The van der Waals surface area contributed by atoms with Crippen LogP contribution in [-0.4, -0.2) is 4.57 Å². The molecule has 1 heterocycles. The Hall–Kier alpha value is -8.00. The molecule has 0 saturated carbocycles. The lowest BCUT2D eigenvalue weighted by molar-refractivity contribution is 0.768. The van der Waals surface area contributed by atoms with Crippen molar-refractivity contribution in [3.8, 4) is 39.1 Å². The van der Waals surface area contributed by atoms with E-state index in [0.29, 0.717) is 0 Å². The second-order valence-electron chi connectivity index (χ2n) is 16.8. The van der Waals surface area contributed by atoms with E-state index in [2.05, 4.69) is 259 Å². The molecule has 1 heteroatoms. The standard InChI is InChI=1S/C62H43N/c1-5-19-43(20-6-1)45-23-17-25-48(39-45)61(44-21-7-2-8-22-44)49-26-18-24-46(40-49)47-35-37-55-54-32-14-16-34-59(54)63(60(55)41-47)52-36-38-58-56(42-52)53-31-13-15-33-57(53)62(58,50-27-9-3-10-28-50)51-29-11-4-12-30-51/h1-42,61H. The molecule has 12 rings (SSSR count). The van der Waals surface area contributed by atoms with Gasteiger partial charge in [0.05, 0.1) is 16.4 Å². The Balaban J connectivity index is 1.02. The zero-order valence-electron chi connectivity index (χ0n) is 34.8. The van der Waals surface area contributed by atoms with Crippen molar-refractivity contribution in [1.82, 2.24) is 4.57 Å². The summed E-state index contributed by atoms with van der Waals surface area (Å²) in [5.41, 5.74) is 19.5. The van der Waals surface area contributed by atoms with Crippen LogP contribution in [0.3, 0.4) is 0 Å². The van der Waals surface area contributed by atoms with E-state index in [1.807, 2.05) is 0 Å². The summed E-state index contributed by atoms with van der Waals surface area (Å²) in [5, 5.41) is 2.49. The molecule has 0 spiro atoms. The molecular formula is C62H43N. The Morgan fingerprint density at radius 3 is 1.51 bits per heavy atom. The van der Waals surface area contributed by atoms with Crippen LogP contribution >= 0.6 is 0 Å². The maximum absolute atomic E-state index is 2.48. The van der Waals surface area contributed by atoms with E-state index in [0.717, 1.165) is 5.69 Å². The fourth-order valence-corrected chi connectivity index (χ4v) is 10.7. The smallest absolute Gasteiger partial charge is 0.0713 e. The lowest BCUT2D eigenvalue weighted by Crippen LogP contribution is -2.28. The first-order valence-electron chi connectivity index (χ1n) is 22.0. The van der Waals surface area contributed by atoms with Gasteiger partial charge < -0.3 is 4.57 Å². The molecule has 0 amide bonds. The van der Waals surface area contributed by atoms with Crippen molar-refractivity contribution in [3.63, 3.8) is 0 Å². The zero-order valence-corrected chi connectivity index (χ0v) is 34.8. The van der Waals surface area contributed by atoms with E-state index < -0.39 is 5.41 Å². The topological polar surface area (TPSA) is 4.93 Å². The quantitative estimate of drug-likeness (QED) is 0.135. The Kier molecular flexibility index (Phi) is 8.86. The van der Waals surface area contributed by atoms with Gasteiger partial charge in [-0.25, -0.2) is 0 Å². The van der Waals surface area contributed by atoms with Gasteiger partial charge in [0.25, 0.3) is 0 Å². The van der Waals surface area contributed by atoms with Crippen molar-refractivity contribution >= 4 is 21.8 Å². The lowest BCUT2D eigenvalue weighted by Gasteiger charge is -2.33. The van der Waals surface area contributed by atoms with E-state index in [1.165, 1.54) is 94.1 Å². The highest BCUT2D eigenvalue weighted by molar-refractivity contribution is 6.10. The minimum Gasteiger partial charge on any atom is -0.309 e. The Morgan fingerprint density at radius 2 is 0.810 bits per heavy atom. The number of nitrogens with zero attached hydrogens (tertiary/aromatic N) is 1. The van der Waals surface area contributed by atoms with E-state index in [-0.39, 0.29) is 5.92 Å². The van der Waals surface area contributed by atoms with Gasteiger partial charge in [-0.15, -0.1) is 0 Å². The first-order chi connectivity index (χ1) is 31.3. The molecule has 296 valence electrons. The third-order valence-electron chi connectivity index (χ3n) is 13.4. The summed E-state index contributed by atoms with van der Waals surface area (Å²) in [6.07, 6.45) is 0. The normalized spacial score (nSPS) is 13.1. The molecule has 1 unspecified atom stereocenters. The molecule has 11 aromatic rings. The summed E-state index contributed by atoms with van der Waals surface area (Å²) >= 11 is 0. The molecule has 0 radical (unpaired) electrons. The predicted octanol–water partition coefficient (Wildman–Crippen LogP) is 15.7. The number of rotatable bonds is 8. The van der Waals surface area contributed by atoms with E-state index in [1.54, 1.807) is 0 Å². The minimum atomic E-state index is -0.438. The number of hydrogen-bond donors (Lipinski definition) is 0. The van der Waals surface area contributed by atoms with Crippen LogP contribution in [0.1, 0.15) is 44.9 Å². The maximum atomic E-state index is 2.48. The van der Waals surface area contributed by atoms with Gasteiger partial charge in [0.2, 0.25) is 0 Å². The Bertz CT molecular complexity index is 3400. The van der Waals surface area contributed by atoms with Crippen LogP contribution in [0.2, 0.25) is 0 Å². The van der Waals surface area contributed by atoms with Gasteiger partial charge in [0.15, 0.2) is 0 Å². The third-order valence-corrected chi connectivity index (χ3v) is 13.4. The highest BCUT2D eigenvalue weighted by atomic mass is 15.0. The average molecular weight is 802 g/mol. The van der Waals surface area contributed by atoms with Gasteiger partial charge in [-0.05, 0) is 96.6 Å². The first-order valence-corrected chi connectivity index (χ1v) is 22.0. The van der Waals surface area contributed by atoms with E-state index >= 15 is 0 Å². The molecule has 1 aromatic heterocycles. The number of benzene rings is 10. The molecule has 0 fully saturated rings. The lowest BCUT2D eigenvalue weighted by atomic mass is 9.68. The molecule has 1 nitrogen and oxygen atoms in total. The monoisotopic (exact) mass is 801 g/mol. The molecule has 1 aliphatic carbocycles. The first kappa shape index (κ1) is 36.8. The molecule has 0 N–H and O–H groups in total.